The Balaban J connectivity index is 1.57. The molecule has 1 aromatic carbocycles. The van der Waals surface area contributed by atoms with Gasteiger partial charge in [0, 0.05) is 23.2 Å². The maximum absolute atomic E-state index is 9.28. The van der Waals surface area contributed by atoms with Crippen molar-refractivity contribution >= 4 is 6.08 Å². The number of allylic oxidation sites excluding steroid dienone is 1. The van der Waals surface area contributed by atoms with Crippen molar-refractivity contribution in [1.82, 2.24) is 4.98 Å². The molecule has 0 unspecified atom stereocenters. The minimum absolute atomic E-state index is 0.302. The topological polar surface area (TPSA) is 61.4 Å². The number of benzene rings is 1. The van der Waals surface area contributed by atoms with Crippen molar-refractivity contribution in [3.8, 4) is 17.2 Å². The first kappa shape index (κ1) is 17.4. The molecule has 1 aromatic heterocycles. The smallest absolute Gasteiger partial charge is 0.0998 e. The van der Waals surface area contributed by atoms with Crippen molar-refractivity contribution in [3.63, 3.8) is 0 Å². The first-order valence-electron chi connectivity index (χ1n) is 9.40. The Morgan fingerprint density at radius 1 is 1.15 bits per heavy atom. The zero-order chi connectivity index (χ0) is 18.8. The molecular formula is C23H22N4. The summed E-state index contributed by atoms with van der Waals surface area (Å²) in [7, 11) is 0. The second-order valence-electron chi connectivity index (χ2n) is 7.44. The Bertz CT molecular complexity index is 976. The molecule has 0 amide bonds. The van der Waals surface area contributed by atoms with Crippen molar-refractivity contribution in [2.45, 2.75) is 20.3 Å². The highest BCUT2D eigenvalue weighted by Gasteiger charge is 2.33. The molecule has 0 radical (unpaired) electrons. The van der Waals surface area contributed by atoms with E-state index in [1.54, 1.807) is 0 Å². The van der Waals surface area contributed by atoms with E-state index in [4.69, 9.17) is 0 Å². The van der Waals surface area contributed by atoms with Crippen LogP contribution in [0.1, 0.15) is 31.5 Å². The van der Waals surface area contributed by atoms with E-state index < -0.39 is 0 Å². The molecule has 1 aliphatic heterocycles. The first-order chi connectivity index (χ1) is 13.2. The van der Waals surface area contributed by atoms with Crippen LogP contribution in [0, 0.1) is 29.1 Å². The van der Waals surface area contributed by atoms with Crippen LogP contribution < -0.4 is 0 Å². The van der Waals surface area contributed by atoms with E-state index in [-0.39, 0.29) is 0 Å². The average Bonchev–Trinajstić information content (AvgIpc) is 3.16. The van der Waals surface area contributed by atoms with E-state index in [9.17, 15) is 5.26 Å². The summed E-state index contributed by atoms with van der Waals surface area (Å²) in [6.07, 6.45) is 7.25. The first-order valence-corrected chi connectivity index (χ1v) is 9.40. The fourth-order valence-corrected chi connectivity index (χ4v) is 3.96. The maximum Gasteiger partial charge on any atom is 0.0998 e. The zero-order valence-corrected chi connectivity index (χ0v) is 15.6. The largest absolute Gasteiger partial charge is 0.256 e. The van der Waals surface area contributed by atoms with E-state index in [0.717, 1.165) is 35.5 Å². The van der Waals surface area contributed by atoms with Gasteiger partial charge in [0.15, 0.2) is 0 Å². The zero-order valence-electron chi connectivity index (χ0n) is 15.6. The summed E-state index contributed by atoms with van der Waals surface area (Å²) in [4.78, 5) is 4.58. The van der Waals surface area contributed by atoms with Gasteiger partial charge in [0.2, 0.25) is 0 Å². The Kier molecular flexibility index (Phi) is 4.68. The number of nitriles is 1. The lowest BCUT2D eigenvalue weighted by atomic mass is 9.73. The van der Waals surface area contributed by atoms with Gasteiger partial charge in [-0.05, 0) is 42.0 Å². The van der Waals surface area contributed by atoms with Crippen molar-refractivity contribution in [2.75, 3.05) is 6.54 Å². The van der Waals surface area contributed by atoms with Gasteiger partial charge in [0.25, 0.3) is 0 Å². The normalized spacial score (nSPS) is 24.3. The molecule has 2 aliphatic rings. The number of hydrogen-bond acceptors (Lipinski definition) is 4. The molecule has 0 spiro atoms. The lowest BCUT2D eigenvalue weighted by Crippen LogP contribution is -2.24. The maximum atomic E-state index is 9.28. The third-order valence-corrected chi connectivity index (χ3v) is 5.77. The number of pyridine rings is 1. The highest BCUT2D eigenvalue weighted by atomic mass is 15.1. The van der Waals surface area contributed by atoms with Crippen LogP contribution in [0.15, 0.2) is 70.2 Å². The number of hydrogen-bond donors (Lipinski definition) is 0. The molecule has 27 heavy (non-hydrogen) atoms. The molecule has 0 saturated carbocycles. The molecule has 0 bridgehead atoms. The predicted molar refractivity (Wildman–Crippen MR) is 107 cm³/mol. The van der Waals surface area contributed by atoms with Crippen molar-refractivity contribution < 1.29 is 0 Å². The van der Waals surface area contributed by atoms with Gasteiger partial charge in [-0.15, -0.1) is 0 Å². The lowest BCUT2D eigenvalue weighted by molar-refractivity contribution is 0.306. The van der Waals surface area contributed by atoms with Gasteiger partial charge < -0.3 is 0 Å². The van der Waals surface area contributed by atoms with Crippen LogP contribution in [0.3, 0.4) is 0 Å². The Morgan fingerprint density at radius 2 is 2.00 bits per heavy atom. The lowest BCUT2D eigenvalue weighted by Gasteiger charge is -2.32. The van der Waals surface area contributed by atoms with Crippen molar-refractivity contribution in [3.05, 3.63) is 71.2 Å². The fourth-order valence-electron chi connectivity index (χ4n) is 3.96. The highest BCUT2D eigenvalue weighted by molar-refractivity contribution is 5.70. The van der Waals surface area contributed by atoms with E-state index in [2.05, 4.69) is 47.3 Å². The summed E-state index contributed by atoms with van der Waals surface area (Å²) in [5.74, 6) is 1.48. The van der Waals surface area contributed by atoms with Gasteiger partial charge in [0.1, 0.15) is 0 Å². The van der Waals surface area contributed by atoms with E-state index in [0.29, 0.717) is 23.3 Å². The molecule has 1 aliphatic carbocycles. The molecule has 3 atom stereocenters. The van der Waals surface area contributed by atoms with Gasteiger partial charge in [-0.2, -0.15) is 15.5 Å². The number of azo groups is 1. The summed E-state index contributed by atoms with van der Waals surface area (Å²) >= 11 is 0. The van der Waals surface area contributed by atoms with Crippen molar-refractivity contribution in [1.29, 1.82) is 5.26 Å². The minimum atomic E-state index is 0.302. The quantitative estimate of drug-likeness (QED) is 0.715. The van der Waals surface area contributed by atoms with Crippen LogP contribution in [0.5, 0.6) is 0 Å². The Labute approximate surface area is 160 Å². The van der Waals surface area contributed by atoms with Crippen molar-refractivity contribution in [2.24, 2.45) is 28.0 Å². The summed E-state index contributed by atoms with van der Waals surface area (Å²) in [5, 5.41) is 17.9. The molecule has 0 saturated heterocycles. The van der Waals surface area contributed by atoms with Crippen LogP contribution in [-0.4, -0.2) is 11.5 Å². The molecule has 0 fully saturated rings. The fraction of sp³-hybridized carbons (Fsp3) is 0.304. The monoisotopic (exact) mass is 354 g/mol. The van der Waals surface area contributed by atoms with E-state index >= 15 is 0 Å². The molecular weight excluding hydrogens is 332 g/mol. The molecule has 4 nitrogen and oxygen atoms in total. The van der Waals surface area contributed by atoms with Gasteiger partial charge in [-0.1, -0.05) is 44.2 Å². The Hall–Kier alpha value is -3.06. The predicted octanol–water partition coefficient (Wildman–Crippen LogP) is 5.65. The SMILES string of the molecule is C[C@H]1[C@H](/C=C/c2ccc(-c3ccccc3C#N)cn2)C2=C(CN=N2)C[C@@H]1C. The van der Waals surface area contributed by atoms with Gasteiger partial charge in [0.05, 0.1) is 29.6 Å². The highest BCUT2D eigenvalue weighted by Crippen LogP contribution is 2.42. The Morgan fingerprint density at radius 3 is 2.78 bits per heavy atom. The number of aromatic nitrogens is 1. The summed E-state index contributed by atoms with van der Waals surface area (Å²) < 4.78 is 0. The van der Waals surface area contributed by atoms with E-state index in [1.165, 1.54) is 5.57 Å². The van der Waals surface area contributed by atoms with E-state index in [1.807, 2.05) is 42.6 Å². The standard InChI is InChI=1S/C23H22N4/c1-15-11-19-14-26-27-23(19)21(16(15)2)10-9-20-8-7-18(13-25-20)22-6-4-3-5-17(22)12-24/h3-10,13,15-16,21H,11,14H2,1-2H3/b10-9+/t15-,16+,21-/m0/s1. The molecule has 4 rings (SSSR count). The van der Waals surface area contributed by atoms with Gasteiger partial charge in [-0.25, -0.2) is 0 Å². The summed E-state index contributed by atoms with van der Waals surface area (Å²) in [6, 6.07) is 13.9. The third-order valence-electron chi connectivity index (χ3n) is 5.77. The minimum Gasteiger partial charge on any atom is -0.256 e. The molecule has 2 heterocycles. The second kappa shape index (κ2) is 7.28. The molecule has 134 valence electrons. The molecule has 4 heteroatoms. The summed E-state index contributed by atoms with van der Waals surface area (Å²) in [6.45, 7) is 5.38. The summed E-state index contributed by atoms with van der Waals surface area (Å²) in [5.41, 5.74) is 6.01. The van der Waals surface area contributed by atoms with Crippen LogP contribution in [-0.2, 0) is 0 Å². The number of rotatable bonds is 3. The van der Waals surface area contributed by atoms with Crippen LogP contribution in [0.2, 0.25) is 0 Å². The van der Waals surface area contributed by atoms with Gasteiger partial charge in [-0.3, -0.25) is 4.98 Å². The molecule has 0 N–H and O–H groups in total. The molecule has 2 aromatic rings. The van der Waals surface area contributed by atoms with Crippen LogP contribution in [0.25, 0.3) is 17.2 Å². The number of nitrogens with zero attached hydrogens (tertiary/aromatic N) is 4. The van der Waals surface area contributed by atoms with Gasteiger partial charge >= 0.3 is 0 Å². The third kappa shape index (κ3) is 3.33. The average molecular weight is 354 g/mol. The second-order valence-corrected chi connectivity index (χ2v) is 7.44. The van der Waals surface area contributed by atoms with Crippen LogP contribution in [0.4, 0.5) is 0 Å². The van der Waals surface area contributed by atoms with Crippen LogP contribution >= 0.6 is 0 Å².